The Hall–Kier alpha value is -0.580. The van der Waals surface area contributed by atoms with Crippen molar-refractivity contribution in [1.82, 2.24) is 0 Å². The predicted molar refractivity (Wildman–Crippen MR) is 44.6 cm³/mol. The molecule has 0 atom stereocenters. The van der Waals surface area contributed by atoms with Crippen LogP contribution in [-0.4, -0.2) is 5.92 Å². The van der Waals surface area contributed by atoms with Crippen LogP contribution in [0.5, 0.6) is 0 Å². The Morgan fingerprint density at radius 3 is 1.64 bits per heavy atom. The maximum Gasteiger partial charge on any atom is 0.305 e. The molecule has 0 saturated heterocycles. The second-order valence-corrected chi connectivity index (χ2v) is 2.31. The fourth-order valence-corrected chi connectivity index (χ4v) is 0.271. The van der Waals surface area contributed by atoms with Gasteiger partial charge in [-0.2, -0.15) is 8.78 Å². The lowest BCUT2D eigenvalue weighted by molar-refractivity contribution is 0.0887. The lowest BCUT2D eigenvalue weighted by Crippen LogP contribution is -2.04. The van der Waals surface area contributed by atoms with Crippen LogP contribution in [0, 0.1) is 17.8 Å². The van der Waals surface area contributed by atoms with Gasteiger partial charge in [-0.3, -0.25) is 0 Å². The lowest BCUT2D eigenvalue weighted by atomic mass is 10.2. The van der Waals surface area contributed by atoms with Crippen molar-refractivity contribution >= 4 is 0 Å². The summed E-state index contributed by atoms with van der Waals surface area (Å²) in [7, 11) is 0. The third-order valence-electron chi connectivity index (χ3n) is 0.580. The monoisotopic (exact) mass is 162 g/mol. The average molecular weight is 162 g/mol. The van der Waals surface area contributed by atoms with E-state index in [0.29, 0.717) is 0 Å². The largest absolute Gasteiger partial charge is 0.305 e. The fourth-order valence-electron chi connectivity index (χ4n) is 0.271. The Morgan fingerprint density at radius 2 is 1.55 bits per heavy atom. The van der Waals surface area contributed by atoms with E-state index in [1.54, 1.807) is 13.8 Å². The first-order valence-corrected chi connectivity index (χ1v) is 3.82. The Morgan fingerprint density at radius 1 is 1.18 bits per heavy atom. The van der Waals surface area contributed by atoms with Crippen LogP contribution in [0.15, 0.2) is 0 Å². The SMILES string of the molecule is CC.CC(C)C#CC(C)(F)F. The van der Waals surface area contributed by atoms with Crippen LogP contribution in [-0.2, 0) is 0 Å². The molecular weight excluding hydrogens is 146 g/mol. The number of rotatable bonds is 0. The second kappa shape index (κ2) is 6.15. The predicted octanol–water partition coefficient (Wildman–Crippen LogP) is 3.33. The van der Waals surface area contributed by atoms with Crippen molar-refractivity contribution in [2.45, 2.75) is 40.5 Å². The van der Waals surface area contributed by atoms with Crippen LogP contribution in [0.1, 0.15) is 34.6 Å². The molecule has 0 aliphatic heterocycles. The van der Waals surface area contributed by atoms with Crippen LogP contribution in [0.3, 0.4) is 0 Å². The number of hydrogen-bond donors (Lipinski definition) is 0. The molecule has 0 aromatic rings. The van der Waals surface area contributed by atoms with E-state index in [2.05, 4.69) is 5.92 Å². The van der Waals surface area contributed by atoms with Gasteiger partial charge in [-0.1, -0.05) is 33.6 Å². The van der Waals surface area contributed by atoms with Crippen molar-refractivity contribution in [3.8, 4) is 11.8 Å². The van der Waals surface area contributed by atoms with Gasteiger partial charge >= 0.3 is 5.92 Å². The normalized spacial score (nSPS) is 9.45. The van der Waals surface area contributed by atoms with E-state index in [0.717, 1.165) is 6.92 Å². The van der Waals surface area contributed by atoms with Gasteiger partial charge in [0.25, 0.3) is 0 Å². The van der Waals surface area contributed by atoms with Gasteiger partial charge in [-0.25, -0.2) is 0 Å². The average Bonchev–Trinajstić information content (AvgIpc) is 1.87. The lowest BCUT2D eigenvalue weighted by Gasteiger charge is -1.97. The molecule has 0 unspecified atom stereocenters. The highest BCUT2D eigenvalue weighted by Gasteiger charge is 2.15. The van der Waals surface area contributed by atoms with Crippen molar-refractivity contribution in [3.63, 3.8) is 0 Å². The van der Waals surface area contributed by atoms with E-state index in [4.69, 9.17) is 0 Å². The molecule has 0 rings (SSSR count). The molecule has 0 aliphatic rings. The van der Waals surface area contributed by atoms with E-state index >= 15 is 0 Å². The smallest absolute Gasteiger partial charge is 0.192 e. The summed E-state index contributed by atoms with van der Waals surface area (Å²) in [4.78, 5) is 0. The van der Waals surface area contributed by atoms with Crippen LogP contribution >= 0.6 is 0 Å². The first-order valence-electron chi connectivity index (χ1n) is 3.82. The molecule has 0 aromatic heterocycles. The quantitative estimate of drug-likeness (QED) is 0.479. The molecule has 0 amide bonds. The van der Waals surface area contributed by atoms with Gasteiger partial charge in [0.1, 0.15) is 0 Å². The molecule has 0 bridgehead atoms. The highest BCUT2D eigenvalue weighted by Crippen LogP contribution is 2.08. The van der Waals surface area contributed by atoms with Gasteiger partial charge in [0.2, 0.25) is 0 Å². The minimum atomic E-state index is -2.83. The first kappa shape index (κ1) is 13.0. The van der Waals surface area contributed by atoms with Gasteiger partial charge in [0.05, 0.1) is 0 Å². The van der Waals surface area contributed by atoms with E-state index < -0.39 is 5.92 Å². The zero-order chi connectivity index (χ0) is 9.49. The molecule has 0 N–H and O–H groups in total. The minimum absolute atomic E-state index is 0.0239. The number of hydrogen-bond acceptors (Lipinski definition) is 0. The maximum atomic E-state index is 11.9. The van der Waals surface area contributed by atoms with E-state index in [1.807, 2.05) is 19.8 Å². The van der Waals surface area contributed by atoms with Crippen LogP contribution in [0.25, 0.3) is 0 Å². The highest BCUT2D eigenvalue weighted by atomic mass is 19.3. The molecule has 2 heteroatoms. The summed E-state index contributed by atoms with van der Waals surface area (Å²) in [5, 5.41) is 0. The summed E-state index contributed by atoms with van der Waals surface area (Å²) in [6, 6.07) is 0. The molecule has 11 heavy (non-hydrogen) atoms. The van der Waals surface area contributed by atoms with E-state index in [1.165, 1.54) is 0 Å². The molecule has 0 radical (unpaired) electrons. The molecule has 0 aromatic carbocycles. The molecule has 0 fully saturated rings. The molecular formula is C9H16F2. The Kier molecular flexibility index (Phi) is 7.29. The molecule has 0 saturated carbocycles. The van der Waals surface area contributed by atoms with E-state index in [9.17, 15) is 8.78 Å². The molecule has 66 valence electrons. The molecule has 0 spiro atoms. The van der Waals surface area contributed by atoms with Crippen molar-refractivity contribution in [1.29, 1.82) is 0 Å². The van der Waals surface area contributed by atoms with Crippen molar-refractivity contribution < 1.29 is 8.78 Å². The minimum Gasteiger partial charge on any atom is -0.192 e. The second-order valence-electron chi connectivity index (χ2n) is 2.31. The van der Waals surface area contributed by atoms with Crippen LogP contribution in [0.4, 0.5) is 8.78 Å². The third kappa shape index (κ3) is 17.7. The van der Waals surface area contributed by atoms with Crippen molar-refractivity contribution in [2.75, 3.05) is 0 Å². The summed E-state index contributed by atoms with van der Waals surface area (Å²) >= 11 is 0. The van der Waals surface area contributed by atoms with Crippen molar-refractivity contribution in [3.05, 3.63) is 0 Å². The number of alkyl halides is 2. The number of halogens is 2. The summed E-state index contributed by atoms with van der Waals surface area (Å²) in [6.45, 7) is 8.35. The van der Waals surface area contributed by atoms with Crippen LogP contribution in [0.2, 0.25) is 0 Å². The van der Waals surface area contributed by atoms with E-state index in [-0.39, 0.29) is 5.92 Å². The van der Waals surface area contributed by atoms with Gasteiger partial charge in [0, 0.05) is 12.8 Å². The van der Waals surface area contributed by atoms with Gasteiger partial charge < -0.3 is 0 Å². The summed E-state index contributed by atoms with van der Waals surface area (Å²) in [5.41, 5.74) is 0. The molecule has 0 heterocycles. The zero-order valence-corrected chi connectivity index (χ0v) is 7.83. The zero-order valence-electron chi connectivity index (χ0n) is 7.83. The Bertz CT molecular complexity index is 132. The topological polar surface area (TPSA) is 0 Å². The molecule has 0 aliphatic carbocycles. The Balaban J connectivity index is 0. The van der Waals surface area contributed by atoms with Gasteiger partial charge in [-0.15, -0.1) is 0 Å². The van der Waals surface area contributed by atoms with Gasteiger partial charge in [-0.05, 0) is 5.92 Å². The third-order valence-corrected chi connectivity index (χ3v) is 0.580. The first-order chi connectivity index (χ1) is 4.92. The van der Waals surface area contributed by atoms with Crippen molar-refractivity contribution in [2.24, 2.45) is 5.92 Å². The molecule has 0 nitrogen and oxygen atoms in total. The maximum absolute atomic E-state index is 11.9. The fraction of sp³-hybridized carbons (Fsp3) is 0.778. The standard InChI is InChI=1S/C7H10F2.C2H6/c1-6(2)4-5-7(3,8)9;1-2/h6H,1-3H3;1-2H3. The summed E-state index contributed by atoms with van der Waals surface area (Å²) in [6.07, 6.45) is 0. The van der Waals surface area contributed by atoms with Gasteiger partial charge in [0.15, 0.2) is 0 Å². The summed E-state index contributed by atoms with van der Waals surface area (Å²) in [5.74, 6) is 1.42. The summed E-state index contributed by atoms with van der Waals surface area (Å²) < 4.78 is 23.8. The van der Waals surface area contributed by atoms with Crippen LogP contribution < -0.4 is 0 Å². The highest BCUT2D eigenvalue weighted by molar-refractivity contribution is 5.08. The Labute approximate surface area is 68.0 Å².